The van der Waals surface area contributed by atoms with Crippen molar-refractivity contribution in [3.8, 4) is 0 Å². The van der Waals surface area contributed by atoms with Crippen LogP contribution >= 0.6 is 15.9 Å². The summed E-state index contributed by atoms with van der Waals surface area (Å²) in [4.78, 5) is 13.4. The van der Waals surface area contributed by atoms with Gasteiger partial charge in [0.1, 0.15) is 12.0 Å². The minimum absolute atomic E-state index is 0.154. The molecule has 15 heavy (non-hydrogen) atoms. The number of rotatable bonds is 4. The van der Waals surface area contributed by atoms with Crippen molar-refractivity contribution in [2.24, 2.45) is 0 Å². The quantitative estimate of drug-likeness (QED) is 0.680. The second kappa shape index (κ2) is 4.96. The van der Waals surface area contributed by atoms with Crippen LogP contribution in [0.4, 0.5) is 20.3 Å². The molecule has 0 aromatic carbocycles. The van der Waals surface area contributed by atoms with Gasteiger partial charge >= 0.3 is 0 Å². The molecule has 0 bridgehead atoms. The molecule has 1 heterocycles. The lowest BCUT2D eigenvalue weighted by Gasteiger charge is -2.05. The van der Waals surface area contributed by atoms with Crippen LogP contribution in [0.15, 0.2) is 16.7 Å². The van der Waals surface area contributed by atoms with Gasteiger partial charge in [-0.15, -0.1) is 0 Å². The lowest BCUT2D eigenvalue weighted by atomic mass is 10.4. The number of nitro groups is 1. The van der Waals surface area contributed by atoms with Gasteiger partial charge in [-0.2, -0.15) is 0 Å². The Hall–Kier alpha value is -1.31. The highest BCUT2D eigenvalue weighted by molar-refractivity contribution is 9.10. The van der Waals surface area contributed by atoms with Gasteiger partial charge in [0.05, 0.1) is 15.9 Å². The van der Waals surface area contributed by atoms with E-state index in [-0.39, 0.29) is 16.0 Å². The van der Waals surface area contributed by atoms with E-state index in [4.69, 9.17) is 0 Å². The monoisotopic (exact) mass is 281 g/mol. The van der Waals surface area contributed by atoms with E-state index in [2.05, 4.69) is 26.2 Å². The van der Waals surface area contributed by atoms with E-state index in [9.17, 15) is 18.9 Å². The second-order valence-electron chi connectivity index (χ2n) is 2.55. The third-order valence-corrected chi connectivity index (χ3v) is 2.07. The van der Waals surface area contributed by atoms with E-state index in [1.165, 1.54) is 6.07 Å². The zero-order valence-corrected chi connectivity index (χ0v) is 8.87. The number of nitrogens with zero attached hydrogens (tertiary/aromatic N) is 2. The van der Waals surface area contributed by atoms with E-state index in [0.29, 0.717) is 0 Å². The molecule has 0 aliphatic carbocycles. The van der Waals surface area contributed by atoms with Crippen LogP contribution in [-0.4, -0.2) is 22.9 Å². The summed E-state index contributed by atoms with van der Waals surface area (Å²) in [5.41, 5.74) is -0.204. The van der Waals surface area contributed by atoms with E-state index >= 15 is 0 Å². The second-order valence-corrected chi connectivity index (χ2v) is 3.41. The highest BCUT2D eigenvalue weighted by atomic mass is 79.9. The summed E-state index contributed by atoms with van der Waals surface area (Å²) in [5.74, 6) is 0.154. The molecule has 0 fully saturated rings. The number of hydrogen-bond acceptors (Lipinski definition) is 4. The smallest absolute Gasteiger partial charge is 0.288 e. The number of halogens is 3. The number of hydrogen-bond donors (Lipinski definition) is 1. The highest BCUT2D eigenvalue weighted by Crippen LogP contribution is 2.24. The first kappa shape index (κ1) is 11.8. The van der Waals surface area contributed by atoms with Gasteiger partial charge in [0.25, 0.3) is 12.1 Å². The Morgan fingerprint density at radius 3 is 2.80 bits per heavy atom. The minimum Gasteiger partial charge on any atom is -0.363 e. The predicted octanol–water partition coefficient (Wildman–Crippen LogP) is 2.43. The molecule has 0 unspecified atom stereocenters. The van der Waals surface area contributed by atoms with Crippen molar-refractivity contribution >= 4 is 27.4 Å². The SMILES string of the molecule is O=[N+]([O-])c1cnc(NCC(F)F)c(Br)c1. The molecular formula is C7H6BrF2N3O2. The maximum atomic E-state index is 11.8. The van der Waals surface area contributed by atoms with Crippen molar-refractivity contribution in [2.75, 3.05) is 11.9 Å². The third kappa shape index (κ3) is 3.39. The standard InChI is InChI=1S/C7H6BrF2N3O2/c8-5-1-4(13(14)15)2-11-7(5)12-3-6(9)10/h1-2,6H,3H2,(H,11,12). The predicted molar refractivity (Wildman–Crippen MR) is 53.1 cm³/mol. The number of aromatic nitrogens is 1. The largest absolute Gasteiger partial charge is 0.363 e. The summed E-state index contributed by atoms with van der Waals surface area (Å²) < 4.78 is 24.0. The summed E-state index contributed by atoms with van der Waals surface area (Å²) in [7, 11) is 0. The van der Waals surface area contributed by atoms with E-state index < -0.39 is 17.9 Å². The molecule has 1 rings (SSSR count). The summed E-state index contributed by atoms with van der Waals surface area (Å²) in [6.45, 7) is -0.552. The number of anilines is 1. The average molecular weight is 282 g/mol. The van der Waals surface area contributed by atoms with Crippen molar-refractivity contribution in [3.05, 3.63) is 26.9 Å². The Morgan fingerprint density at radius 2 is 2.33 bits per heavy atom. The molecule has 0 saturated carbocycles. The Kier molecular flexibility index (Phi) is 3.89. The minimum atomic E-state index is -2.51. The lowest BCUT2D eigenvalue weighted by Crippen LogP contribution is -2.11. The number of nitrogens with one attached hydrogen (secondary N) is 1. The normalized spacial score (nSPS) is 10.4. The molecule has 1 aromatic heterocycles. The first-order valence-corrected chi connectivity index (χ1v) is 4.62. The molecular weight excluding hydrogens is 276 g/mol. The Morgan fingerprint density at radius 1 is 1.67 bits per heavy atom. The molecule has 5 nitrogen and oxygen atoms in total. The summed E-state index contributed by atoms with van der Waals surface area (Å²) in [6, 6.07) is 1.20. The van der Waals surface area contributed by atoms with Crippen molar-refractivity contribution in [1.29, 1.82) is 0 Å². The molecule has 0 amide bonds. The molecule has 1 aromatic rings. The topological polar surface area (TPSA) is 68.1 Å². The molecule has 0 radical (unpaired) electrons. The average Bonchev–Trinajstić information content (AvgIpc) is 2.15. The molecule has 82 valence electrons. The van der Waals surface area contributed by atoms with Crippen LogP contribution in [0.3, 0.4) is 0 Å². The maximum Gasteiger partial charge on any atom is 0.288 e. The van der Waals surface area contributed by atoms with Crippen LogP contribution in [0.2, 0.25) is 0 Å². The molecule has 0 atom stereocenters. The molecule has 0 aliphatic heterocycles. The lowest BCUT2D eigenvalue weighted by molar-refractivity contribution is -0.385. The van der Waals surface area contributed by atoms with Crippen molar-refractivity contribution in [1.82, 2.24) is 4.98 Å². The van der Waals surface area contributed by atoms with E-state index in [0.717, 1.165) is 6.20 Å². The van der Waals surface area contributed by atoms with Crippen molar-refractivity contribution in [2.45, 2.75) is 6.43 Å². The first-order chi connectivity index (χ1) is 7.00. The summed E-state index contributed by atoms with van der Waals surface area (Å²) >= 11 is 2.99. The Labute approximate surface area is 91.8 Å². The van der Waals surface area contributed by atoms with Gasteiger partial charge in [0, 0.05) is 6.07 Å². The van der Waals surface area contributed by atoms with E-state index in [1.54, 1.807) is 0 Å². The molecule has 1 N–H and O–H groups in total. The van der Waals surface area contributed by atoms with Crippen LogP contribution in [0.5, 0.6) is 0 Å². The van der Waals surface area contributed by atoms with Gasteiger partial charge in [0.15, 0.2) is 0 Å². The summed E-state index contributed by atoms with van der Waals surface area (Å²) in [6.07, 6.45) is -1.51. The Bertz CT molecular complexity index is 375. The van der Waals surface area contributed by atoms with Gasteiger partial charge in [-0.05, 0) is 15.9 Å². The maximum absolute atomic E-state index is 11.8. The fourth-order valence-electron chi connectivity index (χ4n) is 0.832. The molecule has 0 saturated heterocycles. The Balaban J connectivity index is 2.79. The van der Waals surface area contributed by atoms with Crippen molar-refractivity contribution < 1.29 is 13.7 Å². The van der Waals surface area contributed by atoms with E-state index in [1.807, 2.05) is 0 Å². The van der Waals surface area contributed by atoms with Crippen LogP contribution < -0.4 is 5.32 Å². The zero-order chi connectivity index (χ0) is 11.4. The zero-order valence-electron chi connectivity index (χ0n) is 7.28. The molecule has 0 aliphatic rings. The van der Waals surface area contributed by atoms with Gasteiger partial charge in [0.2, 0.25) is 0 Å². The molecule has 8 heteroatoms. The third-order valence-electron chi connectivity index (χ3n) is 1.46. The van der Waals surface area contributed by atoms with Gasteiger partial charge < -0.3 is 5.32 Å². The fraction of sp³-hybridized carbons (Fsp3) is 0.286. The van der Waals surface area contributed by atoms with Crippen LogP contribution in [0, 0.1) is 10.1 Å². The van der Waals surface area contributed by atoms with Crippen LogP contribution in [-0.2, 0) is 0 Å². The van der Waals surface area contributed by atoms with Crippen molar-refractivity contribution in [3.63, 3.8) is 0 Å². The number of pyridine rings is 1. The number of alkyl halides is 2. The fourth-order valence-corrected chi connectivity index (χ4v) is 1.31. The highest BCUT2D eigenvalue weighted by Gasteiger charge is 2.11. The first-order valence-electron chi connectivity index (χ1n) is 3.82. The van der Waals surface area contributed by atoms with Crippen LogP contribution in [0.25, 0.3) is 0 Å². The summed E-state index contributed by atoms with van der Waals surface area (Å²) in [5, 5.41) is 12.7. The van der Waals surface area contributed by atoms with Gasteiger partial charge in [-0.1, -0.05) is 0 Å². The van der Waals surface area contributed by atoms with Gasteiger partial charge in [-0.3, -0.25) is 10.1 Å². The van der Waals surface area contributed by atoms with Crippen LogP contribution in [0.1, 0.15) is 0 Å². The molecule has 0 spiro atoms. The van der Waals surface area contributed by atoms with Gasteiger partial charge in [-0.25, -0.2) is 13.8 Å².